The molecule has 0 unspecified atom stereocenters. The van der Waals surface area contributed by atoms with Crippen LogP contribution in [-0.2, 0) is 18.6 Å². The van der Waals surface area contributed by atoms with Gasteiger partial charge in [-0.15, -0.1) is 0 Å². The summed E-state index contributed by atoms with van der Waals surface area (Å²) < 4.78 is 26.1. The number of carbonyl (C=O) groups is 2. The second-order valence-electron chi connectivity index (χ2n) is 15.8. The monoisotopic (exact) mass is 661 g/mol. The van der Waals surface area contributed by atoms with Gasteiger partial charge in [0.05, 0.1) is 28.0 Å². The molecule has 2 heterocycles. The Bertz CT molecular complexity index is 2050. The third-order valence-corrected chi connectivity index (χ3v) is 11.7. The van der Waals surface area contributed by atoms with Crippen LogP contribution >= 0.6 is 0 Å². The minimum atomic E-state index is -1.09. The van der Waals surface area contributed by atoms with E-state index in [0.717, 1.165) is 61.5 Å². The lowest BCUT2D eigenvalue weighted by molar-refractivity contribution is 0.00578. The lowest BCUT2D eigenvalue weighted by Gasteiger charge is -2.32. The average molecular weight is 661 g/mol. The van der Waals surface area contributed by atoms with Crippen molar-refractivity contribution in [3.8, 4) is 0 Å². The number of aromatic carboxylic acids is 1. The highest BCUT2D eigenvalue weighted by molar-refractivity contribution is 6.64. The van der Waals surface area contributed by atoms with E-state index >= 15 is 0 Å². The van der Waals surface area contributed by atoms with Gasteiger partial charge in [0.25, 0.3) is 5.91 Å². The molecule has 2 saturated heterocycles. The molecule has 2 aliphatic rings. The van der Waals surface area contributed by atoms with Crippen molar-refractivity contribution in [3.63, 3.8) is 0 Å². The standard InChI is InChI=1S/C39H45B2NO7/c1-11-24(12-2)42-34(43)27-15-13-25-29-19-22(40-46-36(3,4)37(5,6)47-40)17-21-18-23(41-48-38(7,8)39(9,10)49-41)20-30(31(21)29)26-14-16-28(35(44)45)33(27)32(25)26/h13-20,24H,11-12H2,1-10H3,(H,42,43)(H,44,45). The summed E-state index contributed by atoms with van der Waals surface area (Å²) in [5, 5.41) is 20.3. The molecule has 49 heavy (non-hydrogen) atoms. The summed E-state index contributed by atoms with van der Waals surface area (Å²) in [6.45, 7) is 20.3. The Hall–Kier alpha value is -3.69. The van der Waals surface area contributed by atoms with Crippen LogP contribution in [0.1, 0.15) is 103 Å². The minimum Gasteiger partial charge on any atom is -0.478 e. The molecule has 0 radical (unpaired) electrons. The normalized spacial score (nSPS) is 19.7. The van der Waals surface area contributed by atoms with E-state index in [1.54, 1.807) is 12.1 Å². The van der Waals surface area contributed by atoms with Gasteiger partial charge in [-0.25, -0.2) is 4.79 Å². The van der Waals surface area contributed by atoms with Crippen molar-refractivity contribution in [1.29, 1.82) is 0 Å². The Balaban J connectivity index is 1.57. The van der Waals surface area contributed by atoms with Crippen LogP contribution in [0.25, 0.3) is 43.1 Å². The molecule has 0 aromatic heterocycles. The molecule has 8 nitrogen and oxygen atoms in total. The molecular weight excluding hydrogens is 616 g/mol. The van der Waals surface area contributed by atoms with E-state index < -0.39 is 42.6 Å². The predicted molar refractivity (Wildman–Crippen MR) is 198 cm³/mol. The molecule has 0 bridgehead atoms. The van der Waals surface area contributed by atoms with Crippen LogP contribution in [0.4, 0.5) is 0 Å². The van der Waals surface area contributed by atoms with Crippen molar-refractivity contribution in [1.82, 2.24) is 5.32 Å². The Morgan fingerprint density at radius 1 is 0.633 bits per heavy atom. The number of hydrogen-bond acceptors (Lipinski definition) is 6. The van der Waals surface area contributed by atoms with E-state index in [-0.39, 0.29) is 17.5 Å². The van der Waals surface area contributed by atoms with E-state index in [2.05, 4.69) is 29.6 Å². The van der Waals surface area contributed by atoms with Crippen molar-refractivity contribution < 1.29 is 33.3 Å². The molecule has 5 aromatic carbocycles. The number of carbonyl (C=O) groups excluding carboxylic acids is 1. The van der Waals surface area contributed by atoms with E-state index in [4.69, 9.17) is 18.6 Å². The largest absolute Gasteiger partial charge is 0.494 e. The van der Waals surface area contributed by atoms with Crippen molar-refractivity contribution in [2.24, 2.45) is 0 Å². The Kier molecular flexibility index (Phi) is 7.69. The molecule has 7 rings (SSSR count). The van der Waals surface area contributed by atoms with Gasteiger partial charge in [-0.1, -0.05) is 50.2 Å². The lowest BCUT2D eigenvalue weighted by Crippen LogP contribution is -2.41. The summed E-state index contributed by atoms with van der Waals surface area (Å²) >= 11 is 0. The molecule has 2 N–H and O–H groups in total. The Morgan fingerprint density at radius 2 is 1.06 bits per heavy atom. The molecule has 0 saturated carbocycles. The van der Waals surface area contributed by atoms with Gasteiger partial charge in [0.1, 0.15) is 0 Å². The van der Waals surface area contributed by atoms with Crippen LogP contribution in [-0.4, -0.2) is 59.7 Å². The van der Waals surface area contributed by atoms with Gasteiger partial charge in [-0.3, -0.25) is 4.79 Å². The van der Waals surface area contributed by atoms with Crippen LogP contribution in [0.15, 0.2) is 48.5 Å². The van der Waals surface area contributed by atoms with Crippen molar-refractivity contribution in [2.75, 3.05) is 0 Å². The topological polar surface area (TPSA) is 103 Å². The van der Waals surface area contributed by atoms with Gasteiger partial charge in [0, 0.05) is 17.0 Å². The molecule has 0 atom stereocenters. The molecule has 10 heteroatoms. The Morgan fingerprint density at radius 3 is 1.47 bits per heavy atom. The van der Waals surface area contributed by atoms with Crippen LogP contribution in [0.2, 0.25) is 0 Å². The van der Waals surface area contributed by atoms with Crippen LogP contribution in [0.5, 0.6) is 0 Å². The number of benzene rings is 5. The SMILES string of the molecule is CCC(CC)NC(=O)c1ccc2c3cc(B4OC(C)(C)C(C)(C)O4)cc4cc(B5OC(C)(C)C(C)(C)O5)cc(c5ccc(C(=O)O)c1c52)c43. The molecule has 1 amide bonds. The Labute approximate surface area is 288 Å². The molecule has 0 spiro atoms. The maximum atomic E-state index is 13.9. The molecule has 254 valence electrons. The number of carboxylic acids is 1. The van der Waals surface area contributed by atoms with Crippen molar-refractivity contribution in [2.45, 2.75) is 111 Å². The maximum absolute atomic E-state index is 13.9. The third kappa shape index (κ3) is 5.13. The molecule has 2 aliphatic heterocycles. The first-order chi connectivity index (χ1) is 22.9. The minimum absolute atomic E-state index is 0.0222. The quantitative estimate of drug-likeness (QED) is 0.111. The van der Waals surface area contributed by atoms with Gasteiger partial charge in [0.15, 0.2) is 0 Å². The summed E-state index contributed by atoms with van der Waals surface area (Å²) in [5.74, 6) is -1.37. The van der Waals surface area contributed by atoms with E-state index in [1.807, 2.05) is 81.4 Å². The number of carboxylic acid groups (broad SMARTS) is 1. The zero-order valence-electron chi connectivity index (χ0n) is 30.2. The van der Waals surface area contributed by atoms with Gasteiger partial charge in [0.2, 0.25) is 0 Å². The molecule has 2 fully saturated rings. The predicted octanol–water partition coefficient (Wildman–Crippen LogP) is 6.95. The van der Waals surface area contributed by atoms with Gasteiger partial charge >= 0.3 is 20.2 Å². The fraction of sp³-hybridized carbons (Fsp3) is 0.436. The van der Waals surface area contributed by atoms with E-state index in [1.165, 1.54) is 0 Å². The van der Waals surface area contributed by atoms with Crippen LogP contribution in [0, 0.1) is 0 Å². The molecule has 5 aromatic rings. The van der Waals surface area contributed by atoms with Gasteiger partial charge < -0.3 is 29.0 Å². The fourth-order valence-electron chi connectivity index (χ4n) is 7.29. The second kappa shape index (κ2) is 11.2. The number of fused-ring (bicyclic) bond motifs is 2. The summed E-state index contributed by atoms with van der Waals surface area (Å²) in [6, 6.07) is 15.6. The summed E-state index contributed by atoms with van der Waals surface area (Å²) in [6.07, 6.45) is 1.54. The highest BCUT2D eigenvalue weighted by Crippen LogP contribution is 2.44. The van der Waals surface area contributed by atoms with E-state index in [0.29, 0.717) is 10.9 Å². The first-order valence-electron chi connectivity index (χ1n) is 17.4. The highest BCUT2D eigenvalue weighted by Gasteiger charge is 2.53. The second-order valence-corrected chi connectivity index (χ2v) is 15.8. The first kappa shape index (κ1) is 33.8. The van der Waals surface area contributed by atoms with Crippen LogP contribution < -0.4 is 16.2 Å². The number of rotatable bonds is 7. The first-order valence-corrected chi connectivity index (χ1v) is 17.4. The van der Waals surface area contributed by atoms with E-state index in [9.17, 15) is 14.7 Å². The third-order valence-electron chi connectivity index (χ3n) is 11.7. The van der Waals surface area contributed by atoms with Gasteiger partial charge in [-0.05, 0) is 129 Å². The fourth-order valence-corrected chi connectivity index (χ4v) is 7.29. The lowest BCUT2D eigenvalue weighted by atomic mass is 9.73. The summed E-state index contributed by atoms with van der Waals surface area (Å²) in [5.41, 5.74) is -0.0500. The molecular formula is C39H45B2NO7. The average Bonchev–Trinajstić information content (AvgIpc) is 3.40. The maximum Gasteiger partial charge on any atom is 0.494 e. The highest BCUT2D eigenvalue weighted by atomic mass is 16.7. The van der Waals surface area contributed by atoms with Crippen molar-refractivity contribution >= 4 is 80.1 Å². The van der Waals surface area contributed by atoms with Crippen molar-refractivity contribution in [3.05, 3.63) is 59.7 Å². The number of amides is 1. The smallest absolute Gasteiger partial charge is 0.478 e. The zero-order chi connectivity index (χ0) is 35.4. The number of hydrogen-bond donors (Lipinski definition) is 2. The van der Waals surface area contributed by atoms with Crippen LogP contribution in [0.3, 0.4) is 0 Å². The van der Waals surface area contributed by atoms with Gasteiger partial charge in [-0.2, -0.15) is 0 Å². The summed E-state index contributed by atoms with van der Waals surface area (Å²) in [4.78, 5) is 26.6. The zero-order valence-corrected chi connectivity index (χ0v) is 30.2. The molecule has 0 aliphatic carbocycles. The summed E-state index contributed by atoms with van der Waals surface area (Å²) in [7, 11) is -1.25. The number of nitrogens with one attached hydrogen (secondary N) is 1.